The lowest BCUT2D eigenvalue weighted by Crippen LogP contribution is -2.17. The molecule has 3 rings (SSSR count). The normalized spacial score (nSPS) is 10.8. The zero-order valence-corrected chi connectivity index (χ0v) is 17.0. The molecule has 0 aliphatic rings. The van der Waals surface area contributed by atoms with Gasteiger partial charge >= 0.3 is 6.36 Å². The summed E-state index contributed by atoms with van der Waals surface area (Å²) < 4.78 is 40.5. The zero-order valence-electron chi connectivity index (χ0n) is 15.3. The molecule has 0 bridgehead atoms. The first kappa shape index (κ1) is 23.4. The average Bonchev–Trinajstić information content (AvgIpc) is 2.67. The third-order valence-corrected chi connectivity index (χ3v) is 4.86. The van der Waals surface area contributed by atoms with Gasteiger partial charge in [0, 0.05) is 22.5 Å². The van der Waals surface area contributed by atoms with Crippen molar-refractivity contribution in [3.63, 3.8) is 0 Å². The van der Waals surface area contributed by atoms with Gasteiger partial charge in [-0.2, -0.15) is 0 Å². The molecule has 0 fully saturated rings. The quantitative estimate of drug-likeness (QED) is 0.478. The van der Waals surface area contributed by atoms with Crippen molar-refractivity contribution in [3.05, 3.63) is 78.0 Å². The first-order chi connectivity index (χ1) is 13.8. The lowest BCUT2D eigenvalue weighted by Gasteiger charge is -2.12. The fraction of sp³-hybridized carbons (Fsp3) is 0.100. The molecular weight excluding hydrogens is 439 g/mol. The van der Waals surface area contributed by atoms with Crippen LogP contribution in [0.15, 0.2) is 71.8 Å². The number of rotatable bonds is 6. The summed E-state index contributed by atoms with van der Waals surface area (Å²) >= 11 is 1.47. The number of nitrogens with one attached hydrogen (secondary N) is 1. The molecule has 5 nitrogen and oxygen atoms in total. The van der Waals surface area contributed by atoms with Gasteiger partial charge in [-0.05, 0) is 54.1 Å². The van der Waals surface area contributed by atoms with Crippen molar-refractivity contribution < 1.29 is 22.7 Å². The third kappa shape index (κ3) is 6.85. The number of nitrogen functional groups attached to an aromatic ring is 1. The summed E-state index contributed by atoms with van der Waals surface area (Å²) in [6.07, 6.45) is -3.14. The second kappa shape index (κ2) is 10.2. The number of benzene rings is 2. The molecule has 0 saturated heterocycles. The van der Waals surface area contributed by atoms with E-state index in [2.05, 4.69) is 15.0 Å². The number of anilines is 2. The highest BCUT2D eigenvalue weighted by Crippen LogP contribution is 2.28. The Morgan fingerprint density at radius 1 is 1.10 bits per heavy atom. The summed E-state index contributed by atoms with van der Waals surface area (Å²) in [4.78, 5) is 17.4. The van der Waals surface area contributed by atoms with Crippen molar-refractivity contribution in [1.29, 1.82) is 0 Å². The number of carbonyl (C=O) groups excluding carboxylic acids is 1. The molecule has 10 heteroatoms. The average molecular weight is 456 g/mol. The van der Waals surface area contributed by atoms with Gasteiger partial charge < -0.3 is 15.8 Å². The van der Waals surface area contributed by atoms with Gasteiger partial charge in [0.2, 0.25) is 0 Å². The maximum atomic E-state index is 12.6. The monoisotopic (exact) mass is 455 g/mol. The second-order valence-corrected chi connectivity index (χ2v) is 6.92. The predicted octanol–water partition coefficient (Wildman–Crippen LogP) is 5.53. The summed E-state index contributed by atoms with van der Waals surface area (Å²) in [6.45, 7) is 0. The maximum absolute atomic E-state index is 12.6. The number of alkyl halides is 3. The maximum Gasteiger partial charge on any atom is 0.573 e. The van der Waals surface area contributed by atoms with E-state index in [0.717, 1.165) is 22.6 Å². The standard InChI is InChI=1S/C20H16F3N3O2S.ClH/c21-20(22,23)28-15-7-5-14(6-8-15)26-19(27)16-3-1-2-4-17(16)29-12-13-9-10-25-18(24)11-13;/h1-11H,12H2,(H2,24,25)(H,26,27);1H. The molecule has 1 aromatic heterocycles. The third-order valence-electron chi connectivity index (χ3n) is 3.72. The van der Waals surface area contributed by atoms with E-state index in [9.17, 15) is 18.0 Å². The molecule has 1 heterocycles. The number of aromatic nitrogens is 1. The van der Waals surface area contributed by atoms with E-state index in [4.69, 9.17) is 5.73 Å². The van der Waals surface area contributed by atoms with Crippen LogP contribution in [-0.4, -0.2) is 17.3 Å². The minimum atomic E-state index is -4.76. The molecule has 30 heavy (non-hydrogen) atoms. The highest BCUT2D eigenvalue weighted by atomic mass is 35.5. The Balaban J connectivity index is 0.00000320. The number of nitrogens with zero attached hydrogens (tertiary/aromatic N) is 1. The Morgan fingerprint density at radius 2 is 1.80 bits per heavy atom. The van der Waals surface area contributed by atoms with Gasteiger partial charge in [0.1, 0.15) is 11.6 Å². The molecule has 3 aromatic rings. The SMILES string of the molecule is Cl.Nc1cc(CSc2ccccc2C(=O)Nc2ccc(OC(F)(F)F)cc2)ccn1. The summed E-state index contributed by atoms with van der Waals surface area (Å²) in [7, 11) is 0. The van der Waals surface area contributed by atoms with Crippen LogP contribution in [0, 0.1) is 0 Å². The van der Waals surface area contributed by atoms with Crippen LogP contribution in [0.25, 0.3) is 0 Å². The number of carbonyl (C=O) groups is 1. The fourth-order valence-electron chi connectivity index (χ4n) is 2.46. The molecule has 0 spiro atoms. The van der Waals surface area contributed by atoms with Crippen molar-refractivity contribution in [2.24, 2.45) is 0 Å². The van der Waals surface area contributed by atoms with Crippen LogP contribution in [0.4, 0.5) is 24.7 Å². The molecule has 3 N–H and O–H groups in total. The van der Waals surface area contributed by atoms with Crippen LogP contribution in [-0.2, 0) is 5.75 Å². The molecule has 0 radical (unpaired) electrons. The van der Waals surface area contributed by atoms with E-state index in [0.29, 0.717) is 22.8 Å². The van der Waals surface area contributed by atoms with Crippen LogP contribution >= 0.6 is 24.2 Å². The van der Waals surface area contributed by atoms with Crippen molar-refractivity contribution in [3.8, 4) is 5.75 Å². The highest BCUT2D eigenvalue weighted by molar-refractivity contribution is 7.98. The highest BCUT2D eigenvalue weighted by Gasteiger charge is 2.31. The minimum absolute atomic E-state index is 0. The Morgan fingerprint density at radius 3 is 2.47 bits per heavy atom. The topological polar surface area (TPSA) is 77.2 Å². The van der Waals surface area contributed by atoms with Gasteiger partial charge in [-0.15, -0.1) is 37.3 Å². The van der Waals surface area contributed by atoms with Gasteiger partial charge in [-0.3, -0.25) is 4.79 Å². The van der Waals surface area contributed by atoms with Crippen LogP contribution in [0.5, 0.6) is 5.75 Å². The molecule has 0 aliphatic carbocycles. The molecule has 0 aliphatic heterocycles. The Bertz CT molecular complexity index is 1000. The number of thioether (sulfide) groups is 1. The van der Waals surface area contributed by atoms with Gasteiger partial charge in [0.25, 0.3) is 5.91 Å². The van der Waals surface area contributed by atoms with Gasteiger partial charge in [-0.1, -0.05) is 12.1 Å². The number of hydrogen-bond donors (Lipinski definition) is 2. The van der Waals surface area contributed by atoms with Gasteiger partial charge in [0.15, 0.2) is 0 Å². The van der Waals surface area contributed by atoms with E-state index in [1.165, 1.54) is 23.9 Å². The van der Waals surface area contributed by atoms with E-state index in [1.807, 2.05) is 18.2 Å². The van der Waals surface area contributed by atoms with Crippen LogP contribution < -0.4 is 15.8 Å². The first-order valence-electron chi connectivity index (χ1n) is 8.39. The first-order valence-corrected chi connectivity index (χ1v) is 9.38. The van der Waals surface area contributed by atoms with Crippen LogP contribution in [0.2, 0.25) is 0 Å². The second-order valence-electron chi connectivity index (χ2n) is 5.90. The van der Waals surface area contributed by atoms with Crippen LogP contribution in [0.3, 0.4) is 0 Å². The van der Waals surface area contributed by atoms with Gasteiger partial charge in [0.05, 0.1) is 5.56 Å². The molecule has 0 atom stereocenters. The molecular formula is C20H17ClF3N3O2S. The molecule has 158 valence electrons. The summed E-state index contributed by atoms with van der Waals surface area (Å²) in [5.41, 5.74) is 7.46. The van der Waals surface area contributed by atoms with Crippen LogP contribution in [0.1, 0.15) is 15.9 Å². The smallest absolute Gasteiger partial charge is 0.406 e. The number of ether oxygens (including phenoxy) is 1. The zero-order chi connectivity index (χ0) is 20.9. The lowest BCUT2D eigenvalue weighted by atomic mass is 10.2. The summed E-state index contributed by atoms with van der Waals surface area (Å²) in [6, 6.07) is 15.6. The largest absolute Gasteiger partial charge is 0.573 e. The Hall–Kier alpha value is -2.91. The molecule has 1 amide bonds. The number of pyridine rings is 1. The van der Waals surface area contributed by atoms with E-state index in [1.54, 1.807) is 24.4 Å². The van der Waals surface area contributed by atoms with E-state index < -0.39 is 6.36 Å². The summed E-state index contributed by atoms with van der Waals surface area (Å²) in [5.74, 6) is 0.294. The predicted molar refractivity (Wildman–Crippen MR) is 113 cm³/mol. The minimum Gasteiger partial charge on any atom is -0.406 e. The van der Waals surface area contributed by atoms with Crippen molar-refractivity contribution in [2.45, 2.75) is 17.0 Å². The lowest BCUT2D eigenvalue weighted by molar-refractivity contribution is -0.274. The number of halogens is 4. The van der Waals surface area contributed by atoms with E-state index >= 15 is 0 Å². The molecule has 0 saturated carbocycles. The molecule has 2 aromatic carbocycles. The summed E-state index contributed by atoms with van der Waals surface area (Å²) in [5, 5.41) is 2.68. The van der Waals surface area contributed by atoms with Gasteiger partial charge in [-0.25, -0.2) is 4.98 Å². The Labute approximate surface area is 181 Å². The fourth-order valence-corrected chi connectivity index (χ4v) is 3.46. The number of nitrogens with two attached hydrogens (primary N) is 1. The number of amides is 1. The Kier molecular flexibility index (Phi) is 7.96. The van der Waals surface area contributed by atoms with E-state index in [-0.39, 0.29) is 24.1 Å². The molecule has 0 unspecified atom stereocenters. The number of hydrogen-bond acceptors (Lipinski definition) is 5. The van der Waals surface area contributed by atoms with Crippen molar-refractivity contribution in [1.82, 2.24) is 4.98 Å². The van der Waals surface area contributed by atoms with Crippen molar-refractivity contribution in [2.75, 3.05) is 11.1 Å². The van der Waals surface area contributed by atoms with Crippen molar-refractivity contribution >= 4 is 41.6 Å².